The second-order valence-electron chi connectivity index (χ2n) is 3.63. The van der Waals surface area contributed by atoms with Gasteiger partial charge in [0, 0.05) is 25.6 Å². The van der Waals surface area contributed by atoms with Crippen molar-refractivity contribution in [2.24, 2.45) is 5.73 Å². The van der Waals surface area contributed by atoms with Crippen LogP contribution in [0.2, 0.25) is 0 Å². The van der Waals surface area contributed by atoms with Crippen LogP contribution in [0.5, 0.6) is 0 Å². The summed E-state index contributed by atoms with van der Waals surface area (Å²) >= 11 is 0. The van der Waals surface area contributed by atoms with Crippen LogP contribution < -0.4 is 10.6 Å². The van der Waals surface area contributed by atoms with Crippen molar-refractivity contribution >= 4 is 5.69 Å². The summed E-state index contributed by atoms with van der Waals surface area (Å²) in [6, 6.07) is 2.50. The first-order valence-corrected chi connectivity index (χ1v) is 4.97. The Bertz CT molecular complexity index is 362. The normalized spacial score (nSPS) is 15.3. The van der Waals surface area contributed by atoms with Crippen molar-refractivity contribution < 1.29 is 8.78 Å². The van der Waals surface area contributed by atoms with Crippen LogP contribution in [0.15, 0.2) is 12.1 Å². The average molecular weight is 211 g/mol. The molecular weight excluding hydrogens is 198 g/mol. The molecule has 81 valence electrons. The lowest BCUT2D eigenvalue weighted by molar-refractivity contribution is 0.576. The fourth-order valence-electron chi connectivity index (χ4n) is 1.62. The van der Waals surface area contributed by atoms with Crippen molar-refractivity contribution in [1.29, 1.82) is 0 Å². The second kappa shape index (κ2) is 4.14. The highest BCUT2D eigenvalue weighted by Crippen LogP contribution is 2.26. The monoisotopic (exact) mass is 211 g/mol. The van der Waals surface area contributed by atoms with Gasteiger partial charge < -0.3 is 10.6 Å². The van der Waals surface area contributed by atoms with E-state index in [4.69, 9.17) is 5.73 Å². The summed E-state index contributed by atoms with van der Waals surface area (Å²) in [5.41, 5.74) is 6.00. The van der Waals surface area contributed by atoms with Crippen LogP contribution in [0.25, 0.3) is 0 Å². The van der Waals surface area contributed by atoms with Crippen LogP contribution >= 0.6 is 0 Å². The molecule has 2 nitrogen and oxygen atoms in total. The maximum Gasteiger partial charge on any atom is 0.146 e. The Morgan fingerprint density at radius 2 is 1.93 bits per heavy atom. The number of benzene rings is 1. The molecule has 2 rings (SSSR count). The highest BCUT2D eigenvalue weighted by atomic mass is 19.1. The predicted octanol–water partition coefficient (Wildman–Crippen LogP) is 1.49. The zero-order valence-corrected chi connectivity index (χ0v) is 8.34. The van der Waals surface area contributed by atoms with Crippen LogP contribution in [0.4, 0.5) is 14.5 Å². The molecule has 2 N–H and O–H groups in total. The van der Waals surface area contributed by atoms with E-state index in [9.17, 15) is 8.78 Å². The van der Waals surface area contributed by atoms with Crippen LogP contribution in [0.3, 0.4) is 0 Å². The molecule has 4 heteroatoms. The maximum absolute atomic E-state index is 13.6. The van der Waals surface area contributed by atoms with E-state index in [0.717, 1.165) is 0 Å². The van der Waals surface area contributed by atoms with Crippen molar-refractivity contribution in [1.82, 2.24) is 0 Å². The van der Waals surface area contributed by atoms with Gasteiger partial charge in [0.05, 0.1) is 5.69 Å². The van der Waals surface area contributed by atoms with Gasteiger partial charge in [0.15, 0.2) is 0 Å². The van der Waals surface area contributed by atoms with Gasteiger partial charge in [0.1, 0.15) is 11.6 Å². The molecule has 0 amide bonds. The lowest BCUT2D eigenvalue weighted by Crippen LogP contribution is -2.38. The van der Waals surface area contributed by atoms with Gasteiger partial charge in [-0.3, -0.25) is 0 Å². The molecule has 1 aromatic carbocycles. The van der Waals surface area contributed by atoms with Crippen LogP contribution in [0.1, 0.15) is 5.56 Å². The van der Waals surface area contributed by atoms with Crippen molar-refractivity contribution in [2.75, 3.05) is 24.5 Å². The smallest absolute Gasteiger partial charge is 0.146 e. The zero-order chi connectivity index (χ0) is 10.8. The summed E-state index contributed by atoms with van der Waals surface area (Å²) in [5, 5.41) is 0. The minimum Gasteiger partial charge on any atom is -0.368 e. The number of hydrogen-bond donors (Lipinski definition) is 1. The van der Waals surface area contributed by atoms with E-state index in [1.54, 1.807) is 4.90 Å². The summed E-state index contributed by atoms with van der Waals surface area (Å²) in [6.07, 6.45) is 2.38. The fraction of sp³-hybridized carbons (Fsp3) is 0.364. The Morgan fingerprint density at radius 3 is 2.47 bits per heavy atom. The maximum atomic E-state index is 13.6. The molecule has 0 aliphatic carbocycles. The summed E-state index contributed by atoms with van der Waals surface area (Å²) in [4.78, 5) is 1.78. The van der Waals surface area contributed by atoms with Gasteiger partial charge in [-0.25, -0.2) is 8.78 Å². The minimum absolute atomic E-state index is 0.327. The van der Waals surface area contributed by atoms with E-state index in [1.807, 2.05) is 6.42 Å². The number of nitrogens with zero attached hydrogens (tertiary/aromatic N) is 1. The highest BCUT2D eigenvalue weighted by molar-refractivity contribution is 5.53. The number of nitrogens with two attached hydrogens (primary N) is 1. The lowest BCUT2D eigenvalue weighted by atomic mass is 10.1. The van der Waals surface area contributed by atoms with Gasteiger partial charge in [-0.1, -0.05) is 0 Å². The molecule has 1 saturated heterocycles. The van der Waals surface area contributed by atoms with E-state index in [1.165, 1.54) is 12.1 Å². The van der Waals surface area contributed by atoms with Crippen molar-refractivity contribution in [3.63, 3.8) is 0 Å². The Kier molecular flexibility index (Phi) is 2.86. The zero-order valence-electron chi connectivity index (χ0n) is 8.34. The summed E-state index contributed by atoms with van der Waals surface area (Å²) in [5.74, 6) is -0.739. The summed E-state index contributed by atoms with van der Waals surface area (Å²) in [7, 11) is 0. The molecular formula is C11H13F2N2. The molecule has 1 aliphatic heterocycles. The Morgan fingerprint density at radius 1 is 1.20 bits per heavy atom. The Balaban J connectivity index is 2.29. The molecule has 1 heterocycles. The molecule has 1 aliphatic rings. The van der Waals surface area contributed by atoms with Crippen LogP contribution in [-0.4, -0.2) is 19.6 Å². The standard InChI is InChI=1S/C11H13F2N2/c12-9-7-11(15-4-1-5-15)10(13)6-8(9)2-3-14/h1,6-7H,2-5,14H2. The average Bonchev–Trinajstić information content (AvgIpc) is 2.11. The minimum atomic E-state index is -0.372. The number of anilines is 1. The predicted molar refractivity (Wildman–Crippen MR) is 55.6 cm³/mol. The largest absolute Gasteiger partial charge is 0.368 e. The molecule has 0 bridgehead atoms. The topological polar surface area (TPSA) is 29.3 Å². The third-order valence-corrected chi connectivity index (χ3v) is 2.57. The number of hydrogen-bond acceptors (Lipinski definition) is 2. The van der Waals surface area contributed by atoms with Gasteiger partial charge in [-0.15, -0.1) is 0 Å². The quantitative estimate of drug-likeness (QED) is 0.820. The van der Waals surface area contributed by atoms with Crippen LogP contribution in [-0.2, 0) is 6.42 Å². The second-order valence-corrected chi connectivity index (χ2v) is 3.63. The van der Waals surface area contributed by atoms with Gasteiger partial charge in [-0.2, -0.15) is 0 Å². The fourth-order valence-corrected chi connectivity index (χ4v) is 1.62. The SMILES string of the molecule is NCCc1cc(F)c(N2C[CH]C2)cc1F. The first-order valence-electron chi connectivity index (χ1n) is 4.97. The van der Waals surface area contributed by atoms with Gasteiger partial charge in [-0.05, 0) is 24.6 Å². The van der Waals surface area contributed by atoms with Crippen LogP contribution in [0, 0.1) is 18.1 Å². The van der Waals surface area contributed by atoms with E-state index >= 15 is 0 Å². The van der Waals surface area contributed by atoms with E-state index < -0.39 is 0 Å². The van der Waals surface area contributed by atoms with Crippen molar-refractivity contribution in [3.05, 3.63) is 35.8 Å². The summed E-state index contributed by atoms with van der Waals surface area (Å²) in [6.45, 7) is 1.70. The van der Waals surface area contributed by atoms with E-state index in [-0.39, 0.29) is 11.6 Å². The van der Waals surface area contributed by atoms with Crippen molar-refractivity contribution in [2.45, 2.75) is 6.42 Å². The van der Waals surface area contributed by atoms with Gasteiger partial charge in [0.25, 0.3) is 0 Å². The molecule has 0 spiro atoms. The molecule has 0 aromatic heterocycles. The van der Waals surface area contributed by atoms with Gasteiger partial charge >= 0.3 is 0 Å². The molecule has 0 saturated carbocycles. The number of rotatable bonds is 3. The first-order chi connectivity index (χ1) is 7.22. The molecule has 1 aromatic rings. The van der Waals surface area contributed by atoms with E-state index in [0.29, 0.717) is 37.3 Å². The molecule has 0 unspecified atom stereocenters. The first kappa shape index (κ1) is 10.4. The molecule has 1 radical (unpaired) electrons. The number of halogens is 2. The molecule has 15 heavy (non-hydrogen) atoms. The third-order valence-electron chi connectivity index (χ3n) is 2.57. The van der Waals surface area contributed by atoms with E-state index in [2.05, 4.69) is 0 Å². The highest BCUT2D eigenvalue weighted by Gasteiger charge is 2.20. The van der Waals surface area contributed by atoms with Gasteiger partial charge in [0.2, 0.25) is 0 Å². The molecule has 0 atom stereocenters. The Labute approximate surface area is 87.7 Å². The molecule has 1 fully saturated rings. The summed E-state index contributed by atoms with van der Waals surface area (Å²) < 4.78 is 27.0. The lowest BCUT2D eigenvalue weighted by Gasteiger charge is -2.33. The van der Waals surface area contributed by atoms with Crippen molar-refractivity contribution in [3.8, 4) is 0 Å². The Hall–Kier alpha value is -1.16. The third kappa shape index (κ3) is 1.95.